The monoisotopic (exact) mass is 274 g/mol. The second-order valence-electron chi connectivity index (χ2n) is 4.83. The highest BCUT2D eigenvalue weighted by Gasteiger charge is 2.16. The molecule has 1 N–H and O–H groups in total. The van der Waals surface area contributed by atoms with E-state index >= 15 is 0 Å². The zero-order chi connectivity index (χ0) is 14.9. The average Bonchev–Trinajstić information content (AvgIpc) is 2.79. The Balaban J connectivity index is 2.40. The molecule has 0 spiro atoms. The Kier molecular flexibility index (Phi) is 3.79. The predicted molar refractivity (Wildman–Crippen MR) is 75.0 cm³/mol. The molecule has 2 aromatic rings. The van der Waals surface area contributed by atoms with E-state index in [-0.39, 0.29) is 11.6 Å². The van der Waals surface area contributed by atoms with Gasteiger partial charge in [0.2, 0.25) is 5.88 Å². The average molecular weight is 274 g/mol. The number of hydrogen-bond donors (Lipinski definition) is 1. The van der Waals surface area contributed by atoms with Crippen LogP contribution in [0.1, 0.15) is 32.7 Å². The molecule has 0 amide bonds. The summed E-state index contributed by atoms with van der Waals surface area (Å²) in [4.78, 5) is 11.6. The highest BCUT2D eigenvalue weighted by Crippen LogP contribution is 2.20. The number of aryl methyl sites for hydroxylation is 1. The first-order valence-electron chi connectivity index (χ1n) is 6.35. The first-order valence-corrected chi connectivity index (χ1v) is 6.35. The Bertz CT molecular complexity index is 659. The molecule has 0 unspecified atom stereocenters. The van der Waals surface area contributed by atoms with E-state index in [0.717, 1.165) is 11.1 Å². The Morgan fingerprint density at radius 1 is 1.30 bits per heavy atom. The van der Waals surface area contributed by atoms with Crippen LogP contribution < -0.4 is 0 Å². The van der Waals surface area contributed by atoms with Crippen molar-refractivity contribution in [3.8, 4) is 5.88 Å². The van der Waals surface area contributed by atoms with Crippen molar-refractivity contribution in [2.45, 2.75) is 27.3 Å². The molecule has 0 saturated heterocycles. The molecule has 106 valence electrons. The quantitative estimate of drug-likeness (QED) is 0.873. The summed E-state index contributed by atoms with van der Waals surface area (Å²) < 4.78 is 6.15. The molecule has 0 fully saturated rings. The van der Waals surface area contributed by atoms with Gasteiger partial charge in [0.1, 0.15) is 0 Å². The molecule has 5 nitrogen and oxygen atoms in total. The van der Waals surface area contributed by atoms with Gasteiger partial charge in [-0.3, -0.25) is 0 Å². The number of nitrogens with zero attached hydrogens (tertiary/aromatic N) is 2. The van der Waals surface area contributed by atoms with Gasteiger partial charge in [-0.15, -0.1) is 5.10 Å². The Labute approximate surface area is 117 Å². The van der Waals surface area contributed by atoms with Crippen molar-refractivity contribution in [3.05, 3.63) is 46.1 Å². The van der Waals surface area contributed by atoms with Crippen molar-refractivity contribution in [2.75, 3.05) is 7.11 Å². The van der Waals surface area contributed by atoms with E-state index in [9.17, 15) is 9.90 Å². The molecular formula is C15H18N2O3. The highest BCUT2D eigenvalue weighted by molar-refractivity contribution is 5.87. The van der Waals surface area contributed by atoms with Crippen LogP contribution in [0.3, 0.4) is 0 Å². The molecule has 1 aromatic heterocycles. The van der Waals surface area contributed by atoms with E-state index in [2.05, 4.69) is 18.9 Å². The molecule has 1 heterocycles. The van der Waals surface area contributed by atoms with E-state index in [0.29, 0.717) is 6.54 Å². The summed E-state index contributed by atoms with van der Waals surface area (Å²) in [5.41, 5.74) is 4.90. The fourth-order valence-corrected chi connectivity index (χ4v) is 2.14. The van der Waals surface area contributed by atoms with Gasteiger partial charge in [-0.25, -0.2) is 9.48 Å². The molecule has 20 heavy (non-hydrogen) atoms. The second kappa shape index (κ2) is 5.36. The fourth-order valence-electron chi connectivity index (χ4n) is 2.14. The number of esters is 1. The van der Waals surface area contributed by atoms with Gasteiger partial charge in [-0.1, -0.05) is 12.1 Å². The molecule has 0 radical (unpaired) electrons. The molecular weight excluding hydrogens is 256 g/mol. The molecule has 2 rings (SSSR count). The Hall–Kier alpha value is -2.30. The van der Waals surface area contributed by atoms with E-state index in [1.165, 1.54) is 29.0 Å². The summed E-state index contributed by atoms with van der Waals surface area (Å²) in [6, 6.07) is 5.36. The van der Waals surface area contributed by atoms with Crippen LogP contribution in [0, 0.1) is 20.8 Å². The predicted octanol–water partition coefficient (Wildman–Crippen LogP) is 2.35. The largest absolute Gasteiger partial charge is 0.492 e. The summed E-state index contributed by atoms with van der Waals surface area (Å²) in [6.45, 7) is 6.58. The number of aromatic nitrogens is 2. The number of benzene rings is 1. The van der Waals surface area contributed by atoms with Gasteiger partial charge in [-0.05, 0) is 43.0 Å². The van der Waals surface area contributed by atoms with Crippen LogP contribution in [0.5, 0.6) is 5.88 Å². The summed E-state index contributed by atoms with van der Waals surface area (Å²) in [5.74, 6) is -0.703. The minimum atomic E-state index is -0.515. The van der Waals surface area contributed by atoms with Crippen molar-refractivity contribution < 1.29 is 14.6 Å². The topological polar surface area (TPSA) is 64.3 Å². The van der Waals surface area contributed by atoms with Crippen molar-refractivity contribution in [3.63, 3.8) is 0 Å². The minimum absolute atomic E-state index is 0.188. The third kappa shape index (κ3) is 2.52. The van der Waals surface area contributed by atoms with Crippen LogP contribution in [0.4, 0.5) is 0 Å². The number of rotatable bonds is 3. The van der Waals surface area contributed by atoms with Crippen LogP contribution >= 0.6 is 0 Å². The van der Waals surface area contributed by atoms with Crippen molar-refractivity contribution in [1.29, 1.82) is 0 Å². The number of carbonyl (C=O) groups excluding carboxylic acids is 1. The number of ether oxygens (including phenoxy) is 1. The highest BCUT2D eigenvalue weighted by atomic mass is 16.5. The summed E-state index contributed by atoms with van der Waals surface area (Å²) >= 11 is 0. The van der Waals surface area contributed by atoms with Crippen molar-refractivity contribution in [2.24, 2.45) is 0 Å². The van der Waals surface area contributed by atoms with Crippen molar-refractivity contribution >= 4 is 5.97 Å². The lowest BCUT2D eigenvalue weighted by Gasteiger charge is -2.12. The SMILES string of the molecule is COC(=O)c1cc(O)nn1Cc1ccc(C)c(C)c1C. The minimum Gasteiger partial charge on any atom is -0.492 e. The summed E-state index contributed by atoms with van der Waals surface area (Å²) in [6.07, 6.45) is 0. The molecule has 1 aromatic carbocycles. The standard InChI is InChI=1S/C15H18N2O3/c1-9-5-6-12(11(3)10(9)2)8-17-13(15(19)20-4)7-14(18)16-17/h5-7H,8H2,1-4H3,(H,16,18). The van der Waals surface area contributed by atoms with Gasteiger partial charge in [0.05, 0.1) is 13.7 Å². The smallest absolute Gasteiger partial charge is 0.356 e. The van der Waals surface area contributed by atoms with Gasteiger partial charge < -0.3 is 9.84 Å². The van der Waals surface area contributed by atoms with E-state index in [4.69, 9.17) is 4.74 Å². The van der Waals surface area contributed by atoms with E-state index in [1.54, 1.807) is 0 Å². The molecule has 0 atom stereocenters. The lowest BCUT2D eigenvalue weighted by Crippen LogP contribution is -2.13. The Morgan fingerprint density at radius 2 is 2.00 bits per heavy atom. The van der Waals surface area contributed by atoms with E-state index < -0.39 is 5.97 Å². The van der Waals surface area contributed by atoms with Crippen LogP contribution in [-0.2, 0) is 11.3 Å². The zero-order valence-electron chi connectivity index (χ0n) is 12.1. The van der Waals surface area contributed by atoms with Gasteiger partial charge in [-0.2, -0.15) is 0 Å². The molecule has 0 aliphatic heterocycles. The van der Waals surface area contributed by atoms with Crippen molar-refractivity contribution in [1.82, 2.24) is 9.78 Å². The first-order chi connectivity index (χ1) is 9.43. The molecule has 0 saturated carbocycles. The maximum absolute atomic E-state index is 11.6. The maximum Gasteiger partial charge on any atom is 0.356 e. The third-order valence-electron chi connectivity index (χ3n) is 3.65. The van der Waals surface area contributed by atoms with Crippen LogP contribution in [0.15, 0.2) is 18.2 Å². The van der Waals surface area contributed by atoms with Gasteiger partial charge in [0.25, 0.3) is 0 Å². The fraction of sp³-hybridized carbons (Fsp3) is 0.333. The molecule has 0 bridgehead atoms. The zero-order valence-corrected chi connectivity index (χ0v) is 12.1. The van der Waals surface area contributed by atoms with Gasteiger partial charge >= 0.3 is 5.97 Å². The number of methoxy groups -OCH3 is 1. The number of carbonyl (C=O) groups is 1. The molecule has 5 heteroatoms. The lowest BCUT2D eigenvalue weighted by atomic mass is 9.99. The number of hydrogen-bond acceptors (Lipinski definition) is 4. The number of aromatic hydroxyl groups is 1. The summed E-state index contributed by atoms with van der Waals surface area (Å²) in [7, 11) is 1.30. The first kappa shape index (κ1) is 14.1. The second-order valence-corrected chi connectivity index (χ2v) is 4.83. The normalized spacial score (nSPS) is 10.6. The van der Waals surface area contributed by atoms with Gasteiger partial charge in [0, 0.05) is 6.07 Å². The van der Waals surface area contributed by atoms with Crippen LogP contribution in [0.2, 0.25) is 0 Å². The van der Waals surface area contributed by atoms with Gasteiger partial charge in [0.15, 0.2) is 5.69 Å². The lowest BCUT2D eigenvalue weighted by molar-refractivity contribution is 0.0587. The maximum atomic E-state index is 11.6. The molecule has 0 aliphatic carbocycles. The molecule has 0 aliphatic rings. The third-order valence-corrected chi connectivity index (χ3v) is 3.65. The van der Waals surface area contributed by atoms with Crippen LogP contribution in [-0.4, -0.2) is 28.0 Å². The van der Waals surface area contributed by atoms with E-state index in [1.807, 2.05) is 19.1 Å². The summed E-state index contributed by atoms with van der Waals surface area (Å²) in [5, 5.41) is 13.4. The van der Waals surface area contributed by atoms with Crippen LogP contribution in [0.25, 0.3) is 0 Å². The Morgan fingerprint density at radius 3 is 2.65 bits per heavy atom.